The maximum Gasteiger partial charge on any atom is 0.255 e. The molecule has 4 nitrogen and oxygen atoms in total. The van der Waals surface area contributed by atoms with Crippen molar-refractivity contribution < 1.29 is 5.73 Å². The van der Waals surface area contributed by atoms with Crippen LogP contribution in [0.3, 0.4) is 0 Å². The fourth-order valence-corrected chi connectivity index (χ4v) is 4.16. The van der Waals surface area contributed by atoms with Gasteiger partial charge in [0, 0.05) is 11.0 Å². The van der Waals surface area contributed by atoms with Gasteiger partial charge in [0.25, 0.3) is 5.56 Å². The lowest BCUT2D eigenvalue weighted by Crippen LogP contribution is -2.49. The number of hydrogen-bond donors (Lipinski definition) is 2. The van der Waals surface area contributed by atoms with Crippen LogP contribution < -0.4 is 11.3 Å². The molecule has 0 radical (unpaired) electrons. The van der Waals surface area contributed by atoms with Gasteiger partial charge in [-0.3, -0.25) is 4.79 Å². The molecule has 1 saturated carbocycles. The molecule has 1 aromatic carbocycles. The first-order chi connectivity index (χ1) is 10.2. The summed E-state index contributed by atoms with van der Waals surface area (Å²) in [4.78, 5) is 20.4. The van der Waals surface area contributed by atoms with Crippen LogP contribution in [0.4, 0.5) is 0 Å². The molecule has 2 aliphatic rings. The molecule has 0 aliphatic heterocycles. The Morgan fingerprint density at radius 2 is 2.00 bits per heavy atom. The normalized spacial score (nSPS) is 18.5. The number of aromatic nitrogens is 2. The van der Waals surface area contributed by atoms with E-state index in [1.54, 1.807) is 0 Å². The molecule has 0 unspecified atom stereocenters. The fourth-order valence-electron chi connectivity index (χ4n) is 4.16. The summed E-state index contributed by atoms with van der Waals surface area (Å²) < 4.78 is 0. The number of hydrogen-bond acceptors (Lipinski definition) is 2. The minimum Gasteiger partial charge on any atom is -0.351 e. The van der Waals surface area contributed by atoms with E-state index >= 15 is 0 Å². The third-order valence-electron chi connectivity index (χ3n) is 5.10. The van der Waals surface area contributed by atoms with E-state index in [1.807, 2.05) is 6.07 Å². The molecule has 4 rings (SSSR count). The molecule has 0 amide bonds. The zero-order valence-corrected chi connectivity index (χ0v) is 12.1. The van der Waals surface area contributed by atoms with Crippen LogP contribution in [0.25, 0.3) is 11.3 Å². The van der Waals surface area contributed by atoms with E-state index < -0.39 is 0 Å². The van der Waals surface area contributed by atoms with Crippen LogP contribution in [0.5, 0.6) is 0 Å². The maximum absolute atomic E-state index is 12.7. The van der Waals surface area contributed by atoms with E-state index in [9.17, 15) is 4.79 Å². The molecular formula is C17H20N3O+. The molecule has 2 aromatic rings. The number of aromatic amines is 1. The largest absolute Gasteiger partial charge is 0.351 e. The van der Waals surface area contributed by atoms with Gasteiger partial charge in [-0.1, -0.05) is 37.1 Å². The van der Waals surface area contributed by atoms with Gasteiger partial charge in [-0.15, -0.1) is 0 Å². The van der Waals surface area contributed by atoms with Crippen molar-refractivity contribution in [2.75, 3.05) is 0 Å². The Balaban J connectivity index is 2.05. The van der Waals surface area contributed by atoms with Crippen molar-refractivity contribution in [3.8, 4) is 11.3 Å². The first-order valence-corrected chi connectivity index (χ1v) is 7.75. The SMILES string of the molecule is [NH3+]Cc1nc2c(c(=O)[nH]1)C1(CCCC1)Cc1ccccc1-2. The van der Waals surface area contributed by atoms with E-state index in [0.29, 0.717) is 12.4 Å². The Hall–Kier alpha value is -1.94. The Labute approximate surface area is 123 Å². The van der Waals surface area contributed by atoms with Gasteiger partial charge in [0.1, 0.15) is 6.54 Å². The highest BCUT2D eigenvalue weighted by Crippen LogP contribution is 2.49. The van der Waals surface area contributed by atoms with Crippen LogP contribution in [-0.2, 0) is 18.4 Å². The lowest BCUT2D eigenvalue weighted by molar-refractivity contribution is -0.388. The second kappa shape index (κ2) is 4.53. The Kier molecular flexibility index (Phi) is 2.76. The molecule has 21 heavy (non-hydrogen) atoms. The number of fused-ring (bicyclic) bond motifs is 4. The Morgan fingerprint density at radius 1 is 1.24 bits per heavy atom. The Bertz CT molecular complexity index is 757. The highest BCUT2D eigenvalue weighted by atomic mass is 16.1. The van der Waals surface area contributed by atoms with Crippen molar-refractivity contribution >= 4 is 0 Å². The van der Waals surface area contributed by atoms with Gasteiger partial charge in [0.05, 0.1) is 11.3 Å². The second-order valence-electron chi connectivity index (χ2n) is 6.31. The number of benzene rings is 1. The van der Waals surface area contributed by atoms with Gasteiger partial charge < -0.3 is 10.7 Å². The minimum absolute atomic E-state index is 0.00394. The topological polar surface area (TPSA) is 73.4 Å². The van der Waals surface area contributed by atoms with Gasteiger partial charge in [-0.05, 0) is 24.8 Å². The molecule has 4 N–H and O–H groups in total. The number of H-pyrrole nitrogens is 1. The van der Waals surface area contributed by atoms with Crippen molar-refractivity contribution in [3.63, 3.8) is 0 Å². The molecule has 1 aromatic heterocycles. The highest BCUT2D eigenvalue weighted by molar-refractivity contribution is 5.71. The number of rotatable bonds is 1. The summed E-state index contributed by atoms with van der Waals surface area (Å²) in [5.74, 6) is 0.684. The van der Waals surface area contributed by atoms with Crippen LogP contribution >= 0.6 is 0 Å². The predicted octanol–water partition coefficient (Wildman–Crippen LogP) is 1.55. The first kappa shape index (κ1) is 12.8. The van der Waals surface area contributed by atoms with Gasteiger partial charge in [0.2, 0.25) is 0 Å². The van der Waals surface area contributed by atoms with Crippen LogP contribution in [0, 0.1) is 0 Å². The van der Waals surface area contributed by atoms with Gasteiger partial charge in [-0.25, -0.2) is 4.98 Å². The third kappa shape index (κ3) is 1.79. The van der Waals surface area contributed by atoms with Crippen LogP contribution in [0.2, 0.25) is 0 Å². The van der Waals surface area contributed by atoms with E-state index in [0.717, 1.165) is 36.1 Å². The molecule has 1 spiro atoms. The van der Waals surface area contributed by atoms with Crippen molar-refractivity contribution in [1.29, 1.82) is 0 Å². The summed E-state index contributed by atoms with van der Waals surface area (Å²) in [5, 5.41) is 0. The molecule has 0 saturated heterocycles. The van der Waals surface area contributed by atoms with Gasteiger partial charge in [-0.2, -0.15) is 0 Å². The van der Waals surface area contributed by atoms with E-state index in [2.05, 4.69) is 28.9 Å². The van der Waals surface area contributed by atoms with Gasteiger partial charge >= 0.3 is 0 Å². The molecule has 108 valence electrons. The van der Waals surface area contributed by atoms with Crippen LogP contribution in [-0.4, -0.2) is 9.97 Å². The second-order valence-corrected chi connectivity index (χ2v) is 6.31. The van der Waals surface area contributed by atoms with Crippen LogP contribution in [0.1, 0.15) is 42.6 Å². The van der Waals surface area contributed by atoms with Crippen molar-refractivity contribution in [2.45, 2.75) is 44.1 Å². The van der Waals surface area contributed by atoms with Gasteiger partial charge in [0.15, 0.2) is 5.82 Å². The third-order valence-corrected chi connectivity index (χ3v) is 5.10. The molecule has 0 bridgehead atoms. The monoisotopic (exact) mass is 282 g/mol. The fraction of sp³-hybridized carbons (Fsp3) is 0.412. The lowest BCUT2D eigenvalue weighted by atomic mass is 9.68. The van der Waals surface area contributed by atoms with Crippen molar-refractivity contribution in [3.05, 3.63) is 51.6 Å². The summed E-state index contributed by atoms with van der Waals surface area (Å²) >= 11 is 0. The molecule has 1 fully saturated rings. The number of quaternary nitrogens is 1. The van der Waals surface area contributed by atoms with Crippen molar-refractivity contribution in [1.82, 2.24) is 9.97 Å². The summed E-state index contributed by atoms with van der Waals surface area (Å²) in [6.07, 6.45) is 5.59. The zero-order valence-electron chi connectivity index (χ0n) is 12.1. The molecule has 0 atom stereocenters. The molecule has 1 heterocycles. The standard InChI is InChI=1S/C17H19N3O/c18-10-13-19-15-12-6-2-1-5-11(12)9-17(7-3-4-8-17)14(15)16(21)20-13/h1-2,5-6H,3-4,7-10,18H2,(H,19,20,21)/p+1. The average molecular weight is 282 g/mol. The molecule has 2 aliphatic carbocycles. The highest BCUT2D eigenvalue weighted by Gasteiger charge is 2.43. The molecule has 4 heteroatoms. The number of nitrogens with zero attached hydrogens (tertiary/aromatic N) is 1. The van der Waals surface area contributed by atoms with Crippen LogP contribution in [0.15, 0.2) is 29.1 Å². The first-order valence-electron chi connectivity index (χ1n) is 7.75. The maximum atomic E-state index is 12.7. The summed E-state index contributed by atoms with van der Waals surface area (Å²) in [6, 6.07) is 8.39. The van der Waals surface area contributed by atoms with E-state index in [-0.39, 0.29) is 11.0 Å². The average Bonchev–Trinajstić information content (AvgIpc) is 2.95. The summed E-state index contributed by atoms with van der Waals surface area (Å²) in [7, 11) is 0. The minimum atomic E-state index is 0.00394. The zero-order chi connectivity index (χ0) is 14.4. The number of nitrogens with one attached hydrogen (secondary N) is 1. The quantitative estimate of drug-likeness (QED) is 0.833. The Morgan fingerprint density at radius 3 is 2.76 bits per heavy atom. The summed E-state index contributed by atoms with van der Waals surface area (Å²) in [5.41, 5.74) is 8.21. The summed E-state index contributed by atoms with van der Waals surface area (Å²) in [6.45, 7) is 0.512. The van der Waals surface area contributed by atoms with Crippen molar-refractivity contribution in [2.24, 2.45) is 0 Å². The van der Waals surface area contributed by atoms with E-state index in [1.165, 1.54) is 18.4 Å². The lowest BCUT2D eigenvalue weighted by Gasteiger charge is -2.35. The smallest absolute Gasteiger partial charge is 0.255 e. The predicted molar refractivity (Wildman–Crippen MR) is 80.7 cm³/mol. The van der Waals surface area contributed by atoms with E-state index in [4.69, 9.17) is 4.98 Å². The molecular weight excluding hydrogens is 262 g/mol.